The Morgan fingerprint density at radius 3 is 2.55 bits per heavy atom. The number of rotatable bonds is 9. The predicted octanol–water partition coefficient (Wildman–Crippen LogP) is 7.60. The second kappa shape index (κ2) is 11.9. The number of halogens is 2. The summed E-state index contributed by atoms with van der Waals surface area (Å²) >= 11 is 9.82. The third kappa shape index (κ3) is 6.62. The maximum Gasteiger partial charge on any atom is 0.248 e. The molecule has 0 saturated carbocycles. The molecular formula is C27H27BrClNO3. The van der Waals surface area contributed by atoms with E-state index in [0.29, 0.717) is 29.7 Å². The zero-order chi connectivity index (χ0) is 23.8. The Balaban J connectivity index is 1.77. The molecule has 172 valence electrons. The minimum Gasteiger partial charge on any atom is -0.490 e. The Morgan fingerprint density at radius 1 is 1.06 bits per heavy atom. The number of benzene rings is 3. The van der Waals surface area contributed by atoms with Gasteiger partial charge in [-0.15, -0.1) is 0 Å². The Bertz CT molecular complexity index is 1160. The lowest BCUT2D eigenvalue weighted by Crippen LogP contribution is -2.11. The smallest absolute Gasteiger partial charge is 0.248 e. The fraction of sp³-hybridized carbons (Fsp3) is 0.222. The highest BCUT2D eigenvalue weighted by Gasteiger charge is 2.13. The van der Waals surface area contributed by atoms with Gasteiger partial charge in [-0.1, -0.05) is 54.9 Å². The zero-order valence-electron chi connectivity index (χ0n) is 19.0. The summed E-state index contributed by atoms with van der Waals surface area (Å²) in [5, 5.41) is 3.65. The van der Waals surface area contributed by atoms with Crippen LogP contribution in [0.2, 0.25) is 5.02 Å². The van der Waals surface area contributed by atoms with E-state index in [9.17, 15) is 4.79 Å². The van der Waals surface area contributed by atoms with Crippen molar-refractivity contribution in [3.63, 3.8) is 0 Å². The van der Waals surface area contributed by atoms with Gasteiger partial charge in [0.25, 0.3) is 0 Å². The summed E-state index contributed by atoms with van der Waals surface area (Å²) in [6.07, 6.45) is 4.12. The normalized spacial score (nSPS) is 10.9. The van der Waals surface area contributed by atoms with E-state index in [1.807, 2.05) is 68.4 Å². The van der Waals surface area contributed by atoms with Gasteiger partial charge >= 0.3 is 0 Å². The molecule has 0 aromatic heterocycles. The summed E-state index contributed by atoms with van der Waals surface area (Å²) in [6.45, 7) is 6.77. The zero-order valence-corrected chi connectivity index (χ0v) is 21.3. The maximum atomic E-state index is 12.6. The fourth-order valence-corrected chi connectivity index (χ4v) is 4.16. The summed E-state index contributed by atoms with van der Waals surface area (Å²) in [7, 11) is 0. The number of aryl methyl sites for hydroxylation is 2. The highest BCUT2D eigenvalue weighted by Crippen LogP contribution is 2.38. The van der Waals surface area contributed by atoms with Crippen molar-refractivity contribution in [3.05, 3.63) is 92.4 Å². The molecule has 3 aromatic rings. The number of para-hydroxylation sites is 1. The SMILES string of the molecule is CCOc1cc(/C=C/C(=O)Nc2c(C)cccc2CC)cc(Br)c1OCc1ccccc1Cl. The van der Waals surface area contributed by atoms with Crippen LogP contribution in [0.4, 0.5) is 5.69 Å². The second-order valence-corrected chi connectivity index (χ2v) is 8.69. The van der Waals surface area contributed by atoms with Gasteiger partial charge in [0.1, 0.15) is 6.61 Å². The van der Waals surface area contributed by atoms with Gasteiger partial charge < -0.3 is 14.8 Å². The van der Waals surface area contributed by atoms with E-state index in [-0.39, 0.29) is 5.91 Å². The molecule has 0 atom stereocenters. The first-order valence-electron chi connectivity index (χ1n) is 10.8. The number of amides is 1. The topological polar surface area (TPSA) is 47.6 Å². The summed E-state index contributed by atoms with van der Waals surface area (Å²) < 4.78 is 12.6. The minimum absolute atomic E-state index is 0.188. The van der Waals surface area contributed by atoms with Crippen LogP contribution >= 0.6 is 27.5 Å². The molecule has 0 aliphatic heterocycles. The molecule has 0 radical (unpaired) electrons. The molecule has 0 bridgehead atoms. The lowest BCUT2D eigenvalue weighted by atomic mass is 10.1. The first kappa shape index (κ1) is 24.9. The van der Waals surface area contributed by atoms with Crippen molar-refractivity contribution in [2.24, 2.45) is 0 Å². The summed E-state index contributed by atoms with van der Waals surface area (Å²) in [6, 6.07) is 17.3. The lowest BCUT2D eigenvalue weighted by Gasteiger charge is -2.15. The molecule has 0 saturated heterocycles. The molecule has 33 heavy (non-hydrogen) atoms. The fourth-order valence-electron chi connectivity index (χ4n) is 3.39. The van der Waals surface area contributed by atoms with E-state index in [4.69, 9.17) is 21.1 Å². The maximum absolute atomic E-state index is 12.6. The molecule has 0 unspecified atom stereocenters. The molecular weight excluding hydrogens is 502 g/mol. The number of ether oxygens (including phenoxy) is 2. The molecule has 0 heterocycles. The quantitative estimate of drug-likeness (QED) is 0.291. The highest BCUT2D eigenvalue weighted by molar-refractivity contribution is 9.10. The number of anilines is 1. The van der Waals surface area contributed by atoms with Crippen LogP contribution in [0.15, 0.2) is 65.1 Å². The van der Waals surface area contributed by atoms with Crippen LogP contribution in [-0.4, -0.2) is 12.5 Å². The van der Waals surface area contributed by atoms with Crippen molar-refractivity contribution in [2.75, 3.05) is 11.9 Å². The first-order chi connectivity index (χ1) is 15.9. The van der Waals surface area contributed by atoms with Crippen LogP contribution in [0.25, 0.3) is 6.08 Å². The van der Waals surface area contributed by atoms with Gasteiger partial charge in [0.15, 0.2) is 11.5 Å². The number of hydrogen-bond acceptors (Lipinski definition) is 3. The Kier molecular flexibility index (Phi) is 8.98. The van der Waals surface area contributed by atoms with Gasteiger partial charge in [0.05, 0.1) is 11.1 Å². The summed E-state index contributed by atoms with van der Waals surface area (Å²) in [5.74, 6) is 0.990. The Labute approximate surface area is 208 Å². The molecule has 4 nitrogen and oxygen atoms in total. The highest BCUT2D eigenvalue weighted by atomic mass is 79.9. The average molecular weight is 529 g/mol. The average Bonchev–Trinajstić information content (AvgIpc) is 2.79. The number of nitrogens with one attached hydrogen (secondary N) is 1. The van der Waals surface area contributed by atoms with Crippen molar-refractivity contribution in [1.82, 2.24) is 0 Å². The van der Waals surface area contributed by atoms with Crippen molar-refractivity contribution in [3.8, 4) is 11.5 Å². The van der Waals surface area contributed by atoms with E-state index in [0.717, 1.165) is 38.8 Å². The number of carbonyl (C=O) groups excluding carboxylic acids is 1. The summed E-state index contributed by atoms with van der Waals surface area (Å²) in [4.78, 5) is 12.6. The molecule has 0 aliphatic carbocycles. The van der Waals surface area contributed by atoms with E-state index in [2.05, 4.69) is 28.2 Å². The van der Waals surface area contributed by atoms with E-state index < -0.39 is 0 Å². The second-order valence-electron chi connectivity index (χ2n) is 7.43. The molecule has 3 rings (SSSR count). The Morgan fingerprint density at radius 2 is 1.82 bits per heavy atom. The third-order valence-electron chi connectivity index (χ3n) is 5.08. The van der Waals surface area contributed by atoms with Gasteiger partial charge in [-0.3, -0.25) is 4.79 Å². The molecule has 1 N–H and O–H groups in total. The number of hydrogen-bond donors (Lipinski definition) is 1. The minimum atomic E-state index is -0.188. The van der Waals surface area contributed by atoms with Gasteiger partial charge in [-0.05, 0) is 77.2 Å². The largest absolute Gasteiger partial charge is 0.490 e. The van der Waals surface area contributed by atoms with Gasteiger partial charge in [-0.2, -0.15) is 0 Å². The van der Waals surface area contributed by atoms with Gasteiger partial charge in [0, 0.05) is 22.3 Å². The molecule has 0 fully saturated rings. The standard InChI is InChI=1S/C27H27BrClNO3/c1-4-20-11-8-9-18(3)26(20)30-25(31)14-13-19-15-22(28)27(24(16-19)32-5-2)33-17-21-10-6-7-12-23(21)29/h6-16H,4-5,17H2,1-3H3,(H,30,31)/b14-13+. The molecule has 0 spiro atoms. The van der Waals surface area contributed by atoms with Crippen molar-refractivity contribution in [1.29, 1.82) is 0 Å². The van der Waals surface area contributed by atoms with Crippen LogP contribution in [0, 0.1) is 6.92 Å². The van der Waals surface area contributed by atoms with Crippen LogP contribution in [-0.2, 0) is 17.8 Å². The van der Waals surface area contributed by atoms with Gasteiger partial charge in [0.2, 0.25) is 5.91 Å². The Hall–Kier alpha value is -2.76. The van der Waals surface area contributed by atoms with Crippen LogP contribution in [0.5, 0.6) is 11.5 Å². The third-order valence-corrected chi connectivity index (χ3v) is 6.03. The summed E-state index contributed by atoms with van der Waals surface area (Å²) in [5.41, 5.74) is 4.72. The number of carbonyl (C=O) groups is 1. The lowest BCUT2D eigenvalue weighted by molar-refractivity contribution is -0.111. The van der Waals surface area contributed by atoms with Crippen molar-refractivity contribution < 1.29 is 14.3 Å². The van der Waals surface area contributed by atoms with Crippen molar-refractivity contribution in [2.45, 2.75) is 33.8 Å². The van der Waals surface area contributed by atoms with Crippen LogP contribution in [0.3, 0.4) is 0 Å². The first-order valence-corrected chi connectivity index (χ1v) is 12.0. The van der Waals surface area contributed by atoms with Crippen LogP contribution < -0.4 is 14.8 Å². The monoisotopic (exact) mass is 527 g/mol. The molecule has 0 aliphatic rings. The molecule has 1 amide bonds. The predicted molar refractivity (Wildman–Crippen MR) is 139 cm³/mol. The van der Waals surface area contributed by atoms with E-state index in [1.54, 1.807) is 6.08 Å². The van der Waals surface area contributed by atoms with E-state index >= 15 is 0 Å². The molecule has 6 heteroatoms. The van der Waals surface area contributed by atoms with Crippen molar-refractivity contribution >= 4 is 45.2 Å². The van der Waals surface area contributed by atoms with Gasteiger partial charge in [-0.25, -0.2) is 0 Å². The molecule has 3 aromatic carbocycles. The van der Waals surface area contributed by atoms with Crippen LogP contribution in [0.1, 0.15) is 36.1 Å². The van der Waals surface area contributed by atoms with E-state index in [1.165, 1.54) is 6.08 Å².